The SMILES string of the molecule is Oc1cc(F)c(F)c(F)c1Oc1ccccc1. The van der Waals surface area contributed by atoms with Gasteiger partial charge in [0.25, 0.3) is 0 Å². The third-order valence-electron chi connectivity index (χ3n) is 2.06. The molecule has 2 aromatic rings. The van der Waals surface area contributed by atoms with Gasteiger partial charge in [0.15, 0.2) is 17.4 Å². The Kier molecular flexibility index (Phi) is 2.91. The Morgan fingerprint density at radius 2 is 1.59 bits per heavy atom. The van der Waals surface area contributed by atoms with E-state index in [1.807, 2.05) is 0 Å². The smallest absolute Gasteiger partial charge is 0.208 e. The Morgan fingerprint density at radius 3 is 2.24 bits per heavy atom. The Balaban J connectivity index is 2.43. The van der Waals surface area contributed by atoms with Crippen molar-refractivity contribution in [1.82, 2.24) is 0 Å². The molecule has 0 saturated carbocycles. The Labute approximate surface area is 94.9 Å². The van der Waals surface area contributed by atoms with Crippen molar-refractivity contribution in [3.05, 3.63) is 53.8 Å². The lowest BCUT2D eigenvalue weighted by Crippen LogP contribution is -1.96. The second-order valence-electron chi connectivity index (χ2n) is 3.25. The zero-order valence-electron chi connectivity index (χ0n) is 8.45. The van der Waals surface area contributed by atoms with Crippen LogP contribution in [0.4, 0.5) is 13.2 Å². The molecule has 0 saturated heterocycles. The number of hydrogen-bond donors (Lipinski definition) is 1. The van der Waals surface area contributed by atoms with Crippen LogP contribution < -0.4 is 4.74 Å². The predicted molar refractivity (Wildman–Crippen MR) is 54.5 cm³/mol. The standard InChI is InChI=1S/C12H7F3O2/c13-8-6-9(16)12(11(15)10(8)14)17-7-4-2-1-3-5-7/h1-6,16H. The molecule has 1 N–H and O–H groups in total. The molecular weight excluding hydrogens is 233 g/mol. The number of halogens is 3. The van der Waals surface area contributed by atoms with Gasteiger partial charge in [-0.05, 0) is 12.1 Å². The molecule has 2 aromatic carbocycles. The van der Waals surface area contributed by atoms with Gasteiger partial charge in [-0.2, -0.15) is 4.39 Å². The first-order chi connectivity index (χ1) is 8.09. The first-order valence-corrected chi connectivity index (χ1v) is 4.69. The Bertz CT molecular complexity index is 541. The zero-order chi connectivity index (χ0) is 12.4. The van der Waals surface area contributed by atoms with E-state index in [0.29, 0.717) is 6.07 Å². The first kappa shape index (κ1) is 11.3. The van der Waals surface area contributed by atoms with Crippen LogP contribution in [-0.4, -0.2) is 5.11 Å². The molecule has 5 heteroatoms. The minimum atomic E-state index is -1.69. The van der Waals surface area contributed by atoms with Crippen LogP contribution in [0.3, 0.4) is 0 Å². The van der Waals surface area contributed by atoms with Crippen LogP contribution in [0.15, 0.2) is 36.4 Å². The number of hydrogen-bond acceptors (Lipinski definition) is 2. The van der Waals surface area contributed by atoms with Crippen molar-refractivity contribution in [3.63, 3.8) is 0 Å². The summed E-state index contributed by atoms with van der Waals surface area (Å²) in [7, 11) is 0. The van der Waals surface area contributed by atoms with E-state index in [4.69, 9.17) is 4.74 Å². The van der Waals surface area contributed by atoms with Gasteiger partial charge in [-0.1, -0.05) is 18.2 Å². The molecular formula is C12H7F3O2. The Morgan fingerprint density at radius 1 is 0.941 bits per heavy atom. The van der Waals surface area contributed by atoms with Crippen LogP contribution >= 0.6 is 0 Å². The molecule has 0 aliphatic rings. The molecule has 0 atom stereocenters. The van der Waals surface area contributed by atoms with Crippen molar-refractivity contribution in [3.8, 4) is 17.2 Å². The summed E-state index contributed by atoms with van der Waals surface area (Å²) in [5.41, 5.74) is 0. The monoisotopic (exact) mass is 240 g/mol. The molecule has 0 amide bonds. The van der Waals surface area contributed by atoms with E-state index in [-0.39, 0.29) is 5.75 Å². The van der Waals surface area contributed by atoms with E-state index in [0.717, 1.165) is 0 Å². The Hall–Kier alpha value is -2.17. The van der Waals surface area contributed by atoms with Gasteiger partial charge in [0.05, 0.1) is 0 Å². The van der Waals surface area contributed by atoms with Gasteiger partial charge in [-0.3, -0.25) is 0 Å². The molecule has 0 radical (unpaired) electrons. The molecule has 0 heterocycles. The highest BCUT2D eigenvalue weighted by Crippen LogP contribution is 2.35. The minimum absolute atomic E-state index is 0.202. The summed E-state index contributed by atoms with van der Waals surface area (Å²) in [5, 5.41) is 9.29. The van der Waals surface area contributed by atoms with E-state index in [9.17, 15) is 18.3 Å². The van der Waals surface area contributed by atoms with Gasteiger partial charge < -0.3 is 9.84 Å². The van der Waals surface area contributed by atoms with Gasteiger partial charge in [-0.15, -0.1) is 0 Å². The number of rotatable bonds is 2. The molecule has 0 aromatic heterocycles. The molecule has 2 rings (SSSR count). The van der Waals surface area contributed by atoms with E-state index in [1.165, 1.54) is 12.1 Å². The third kappa shape index (κ3) is 2.18. The van der Waals surface area contributed by atoms with Crippen molar-refractivity contribution in [2.75, 3.05) is 0 Å². The van der Waals surface area contributed by atoms with Crippen molar-refractivity contribution in [1.29, 1.82) is 0 Å². The van der Waals surface area contributed by atoms with E-state index in [1.54, 1.807) is 18.2 Å². The predicted octanol–water partition coefficient (Wildman–Crippen LogP) is 3.60. The van der Waals surface area contributed by atoms with Gasteiger partial charge in [0.1, 0.15) is 5.75 Å². The highest BCUT2D eigenvalue weighted by Gasteiger charge is 2.20. The van der Waals surface area contributed by atoms with E-state index < -0.39 is 29.0 Å². The maximum atomic E-state index is 13.3. The lowest BCUT2D eigenvalue weighted by Gasteiger charge is -2.09. The molecule has 0 bridgehead atoms. The van der Waals surface area contributed by atoms with Crippen LogP contribution in [0.5, 0.6) is 17.2 Å². The summed E-state index contributed by atoms with van der Waals surface area (Å²) in [6.45, 7) is 0. The molecule has 0 aliphatic carbocycles. The van der Waals surface area contributed by atoms with Crippen molar-refractivity contribution in [2.24, 2.45) is 0 Å². The highest BCUT2D eigenvalue weighted by molar-refractivity contribution is 5.43. The molecule has 0 fully saturated rings. The summed E-state index contributed by atoms with van der Waals surface area (Å²) >= 11 is 0. The molecule has 88 valence electrons. The van der Waals surface area contributed by atoms with Gasteiger partial charge in [-0.25, -0.2) is 8.78 Å². The first-order valence-electron chi connectivity index (χ1n) is 4.69. The number of ether oxygens (including phenoxy) is 1. The summed E-state index contributed by atoms with van der Waals surface area (Å²) in [6.07, 6.45) is 0. The fourth-order valence-corrected chi connectivity index (χ4v) is 1.27. The average Bonchev–Trinajstić information content (AvgIpc) is 2.33. The number of aromatic hydroxyl groups is 1. The lowest BCUT2D eigenvalue weighted by molar-refractivity contribution is 0.357. The number of phenols is 1. The fraction of sp³-hybridized carbons (Fsp3) is 0. The van der Waals surface area contributed by atoms with Crippen LogP contribution in [-0.2, 0) is 0 Å². The summed E-state index contributed by atoms with van der Waals surface area (Å²) in [6, 6.07) is 8.36. The lowest BCUT2D eigenvalue weighted by atomic mass is 10.2. The van der Waals surface area contributed by atoms with E-state index >= 15 is 0 Å². The van der Waals surface area contributed by atoms with Gasteiger partial charge >= 0.3 is 0 Å². The zero-order valence-corrected chi connectivity index (χ0v) is 8.45. The number of benzene rings is 2. The highest BCUT2D eigenvalue weighted by atomic mass is 19.2. The molecule has 0 spiro atoms. The maximum absolute atomic E-state index is 13.3. The topological polar surface area (TPSA) is 29.5 Å². The van der Waals surface area contributed by atoms with Crippen molar-refractivity contribution < 1.29 is 23.0 Å². The van der Waals surface area contributed by atoms with E-state index in [2.05, 4.69) is 0 Å². The van der Waals surface area contributed by atoms with Gasteiger partial charge in [0, 0.05) is 6.07 Å². The normalized spacial score (nSPS) is 10.3. The van der Waals surface area contributed by atoms with Crippen molar-refractivity contribution >= 4 is 0 Å². The molecule has 0 unspecified atom stereocenters. The second kappa shape index (κ2) is 4.37. The fourth-order valence-electron chi connectivity index (χ4n) is 1.27. The number of para-hydroxylation sites is 1. The average molecular weight is 240 g/mol. The summed E-state index contributed by atoms with van der Waals surface area (Å²) in [5.74, 6) is -6.06. The summed E-state index contributed by atoms with van der Waals surface area (Å²) in [4.78, 5) is 0. The molecule has 2 nitrogen and oxygen atoms in total. The van der Waals surface area contributed by atoms with Crippen LogP contribution in [0, 0.1) is 17.5 Å². The van der Waals surface area contributed by atoms with Crippen molar-refractivity contribution in [2.45, 2.75) is 0 Å². The quantitative estimate of drug-likeness (QED) is 0.812. The largest absolute Gasteiger partial charge is 0.504 e. The minimum Gasteiger partial charge on any atom is -0.504 e. The second-order valence-corrected chi connectivity index (χ2v) is 3.25. The molecule has 0 aliphatic heterocycles. The van der Waals surface area contributed by atoms with Crippen LogP contribution in [0.2, 0.25) is 0 Å². The van der Waals surface area contributed by atoms with Gasteiger partial charge in [0.2, 0.25) is 11.6 Å². The summed E-state index contributed by atoms with van der Waals surface area (Å²) < 4.78 is 43.9. The maximum Gasteiger partial charge on any atom is 0.208 e. The number of phenolic OH excluding ortho intramolecular Hbond substituents is 1. The molecule has 17 heavy (non-hydrogen) atoms. The third-order valence-corrected chi connectivity index (χ3v) is 2.06. The van der Waals surface area contributed by atoms with Crippen LogP contribution in [0.1, 0.15) is 0 Å². The van der Waals surface area contributed by atoms with Crippen LogP contribution in [0.25, 0.3) is 0 Å².